The van der Waals surface area contributed by atoms with E-state index in [0.717, 1.165) is 29.8 Å². The van der Waals surface area contributed by atoms with Crippen LogP contribution in [0.15, 0.2) is 42.5 Å². The second-order valence-electron chi connectivity index (χ2n) is 6.41. The van der Waals surface area contributed by atoms with Gasteiger partial charge in [0.1, 0.15) is 5.75 Å². The molecule has 134 valence electrons. The Balaban J connectivity index is 0.00000225. The zero-order chi connectivity index (χ0) is 16.9. The van der Waals surface area contributed by atoms with Crippen molar-refractivity contribution < 1.29 is 9.53 Å². The zero-order valence-corrected chi connectivity index (χ0v) is 15.6. The van der Waals surface area contributed by atoms with Crippen molar-refractivity contribution in [3.8, 4) is 5.75 Å². The number of rotatable bonds is 6. The molecule has 0 aliphatic heterocycles. The number of hydrogen-bond donors (Lipinski definition) is 1. The third kappa shape index (κ3) is 5.21. The second kappa shape index (κ2) is 8.88. The number of benzene rings is 2. The van der Waals surface area contributed by atoms with E-state index in [1.54, 1.807) is 7.11 Å². The van der Waals surface area contributed by atoms with E-state index in [0.29, 0.717) is 13.1 Å². The summed E-state index contributed by atoms with van der Waals surface area (Å²) in [6.07, 6.45) is 3.50. The molecule has 0 saturated carbocycles. The Labute approximate surface area is 155 Å². The number of aryl methyl sites for hydroxylation is 2. The van der Waals surface area contributed by atoms with Gasteiger partial charge in [0, 0.05) is 12.2 Å². The van der Waals surface area contributed by atoms with Gasteiger partial charge >= 0.3 is 0 Å². The monoisotopic (exact) mass is 360 g/mol. The first-order valence-corrected chi connectivity index (χ1v) is 8.37. The van der Waals surface area contributed by atoms with Crippen LogP contribution in [0.2, 0.25) is 0 Å². The van der Waals surface area contributed by atoms with Gasteiger partial charge in [-0.1, -0.05) is 18.2 Å². The predicted molar refractivity (Wildman–Crippen MR) is 104 cm³/mol. The van der Waals surface area contributed by atoms with E-state index in [9.17, 15) is 4.79 Å². The van der Waals surface area contributed by atoms with Crippen molar-refractivity contribution in [3.05, 3.63) is 59.2 Å². The SMILES string of the molecule is COc1cccc(CN(C)CC(=O)Nc2ccc3c(c2)CCC3)c1.Cl. The molecule has 1 aliphatic rings. The fourth-order valence-corrected chi connectivity index (χ4v) is 3.23. The molecule has 0 bridgehead atoms. The molecule has 0 fully saturated rings. The highest BCUT2D eigenvalue weighted by Gasteiger charge is 2.13. The third-order valence-electron chi connectivity index (χ3n) is 4.38. The molecule has 4 nitrogen and oxygen atoms in total. The number of nitrogens with zero attached hydrogens (tertiary/aromatic N) is 1. The summed E-state index contributed by atoms with van der Waals surface area (Å²) in [4.78, 5) is 14.3. The molecule has 0 heterocycles. The van der Waals surface area contributed by atoms with Crippen molar-refractivity contribution in [1.29, 1.82) is 0 Å². The molecule has 0 radical (unpaired) electrons. The Morgan fingerprint density at radius 2 is 1.96 bits per heavy atom. The van der Waals surface area contributed by atoms with Gasteiger partial charge in [-0.05, 0) is 67.3 Å². The number of halogens is 1. The minimum absolute atomic E-state index is 0. The van der Waals surface area contributed by atoms with Gasteiger partial charge in [0.25, 0.3) is 0 Å². The molecule has 1 aliphatic carbocycles. The molecule has 5 heteroatoms. The summed E-state index contributed by atoms with van der Waals surface area (Å²) in [6, 6.07) is 14.2. The lowest BCUT2D eigenvalue weighted by Crippen LogP contribution is -2.29. The van der Waals surface area contributed by atoms with Gasteiger partial charge in [-0.3, -0.25) is 9.69 Å². The minimum atomic E-state index is 0. The van der Waals surface area contributed by atoms with Gasteiger partial charge in [0.05, 0.1) is 13.7 Å². The summed E-state index contributed by atoms with van der Waals surface area (Å²) in [5.74, 6) is 0.849. The van der Waals surface area contributed by atoms with Gasteiger partial charge in [-0.25, -0.2) is 0 Å². The summed E-state index contributed by atoms with van der Waals surface area (Å²) < 4.78 is 5.24. The Bertz CT molecular complexity index is 733. The fourth-order valence-electron chi connectivity index (χ4n) is 3.23. The van der Waals surface area contributed by atoms with Crippen molar-refractivity contribution >= 4 is 24.0 Å². The predicted octanol–water partition coefficient (Wildman–Crippen LogP) is 3.68. The van der Waals surface area contributed by atoms with Crippen LogP contribution in [0, 0.1) is 0 Å². The zero-order valence-electron chi connectivity index (χ0n) is 14.7. The van der Waals surface area contributed by atoms with Crippen molar-refractivity contribution in [2.75, 3.05) is 26.0 Å². The number of hydrogen-bond acceptors (Lipinski definition) is 3. The van der Waals surface area contributed by atoms with Crippen molar-refractivity contribution in [2.45, 2.75) is 25.8 Å². The average molecular weight is 361 g/mol. The molecule has 0 unspecified atom stereocenters. The molecular formula is C20H25ClN2O2. The number of amides is 1. The Hall–Kier alpha value is -2.04. The molecule has 1 amide bonds. The van der Waals surface area contributed by atoms with Gasteiger partial charge in [0.15, 0.2) is 0 Å². The number of ether oxygens (including phenoxy) is 1. The topological polar surface area (TPSA) is 41.6 Å². The molecule has 2 aromatic carbocycles. The smallest absolute Gasteiger partial charge is 0.238 e. The van der Waals surface area contributed by atoms with Gasteiger partial charge in [0.2, 0.25) is 5.91 Å². The van der Waals surface area contributed by atoms with E-state index in [-0.39, 0.29) is 18.3 Å². The van der Waals surface area contributed by atoms with E-state index in [1.165, 1.54) is 17.5 Å². The van der Waals surface area contributed by atoms with Crippen molar-refractivity contribution in [2.24, 2.45) is 0 Å². The van der Waals surface area contributed by atoms with E-state index in [2.05, 4.69) is 17.4 Å². The molecule has 3 rings (SSSR count). The molecule has 1 N–H and O–H groups in total. The van der Waals surface area contributed by atoms with E-state index in [4.69, 9.17) is 4.74 Å². The van der Waals surface area contributed by atoms with Crippen LogP contribution in [0.1, 0.15) is 23.1 Å². The number of carbonyl (C=O) groups is 1. The lowest BCUT2D eigenvalue weighted by molar-refractivity contribution is -0.117. The number of likely N-dealkylation sites (N-methyl/N-ethyl adjacent to an activating group) is 1. The number of methoxy groups -OCH3 is 1. The van der Waals surface area contributed by atoms with Crippen LogP contribution >= 0.6 is 12.4 Å². The Morgan fingerprint density at radius 1 is 1.16 bits per heavy atom. The summed E-state index contributed by atoms with van der Waals surface area (Å²) in [5.41, 5.74) is 4.82. The van der Waals surface area contributed by atoms with Crippen LogP contribution in [-0.4, -0.2) is 31.5 Å². The summed E-state index contributed by atoms with van der Waals surface area (Å²) in [7, 11) is 3.61. The first-order chi connectivity index (χ1) is 11.6. The maximum Gasteiger partial charge on any atom is 0.238 e. The molecular weight excluding hydrogens is 336 g/mol. The van der Waals surface area contributed by atoms with E-state index >= 15 is 0 Å². The van der Waals surface area contributed by atoms with Crippen LogP contribution in [0.25, 0.3) is 0 Å². The summed E-state index contributed by atoms with van der Waals surface area (Å²) in [6.45, 7) is 1.06. The van der Waals surface area contributed by atoms with Crippen LogP contribution in [0.4, 0.5) is 5.69 Å². The maximum absolute atomic E-state index is 12.3. The lowest BCUT2D eigenvalue weighted by Gasteiger charge is -2.17. The van der Waals surface area contributed by atoms with Crippen LogP contribution < -0.4 is 10.1 Å². The molecule has 2 aromatic rings. The molecule has 0 aromatic heterocycles. The summed E-state index contributed by atoms with van der Waals surface area (Å²) in [5, 5.41) is 3.01. The van der Waals surface area contributed by atoms with E-state index < -0.39 is 0 Å². The van der Waals surface area contributed by atoms with E-state index in [1.807, 2.05) is 42.3 Å². The fraction of sp³-hybridized carbons (Fsp3) is 0.350. The normalized spacial score (nSPS) is 12.4. The van der Waals surface area contributed by atoms with Crippen molar-refractivity contribution in [3.63, 3.8) is 0 Å². The van der Waals surface area contributed by atoms with Gasteiger partial charge in [-0.2, -0.15) is 0 Å². The highest BCUT2D eigenvalue weighted by Crippen LogP contribution is 2.24. The van der Waals surface area contributed by atoms with Crippen LogP contribution in [-0.2, 0) is 24.2 Å². The second-order valence-corrected chi connectivity index (χ2v) is 6.41. The largest absolute Gasteiger partial charge is 0.497 e. The quantitative estimate of drug-likeness (QED) is 0.854. The Morgan fingerprint density at radius 3 is 2.76 bits per heavy atom. The highest BCUT2D eigenvalue weighted by molar-refractivity contribution is 5.92. The average Bonchev–Trinajstić information content (AvgIpc) is 3.02. The van der Waals surface area contributed by atoms with Gasteiger partial charge < -0.3 is 10.1 Å². The minimum Gasteiger partial charge on any atom is -0.497 e. The summed E-state index contributed by atoms with van der Waals surface area (Å²) >= 11 is 0. The molecule has 25 heavy (non-hydrogen) atoms. The standard InChI is InChI=1S/C20H24N2O2.ClH/c1-22(13-15-5-3-8-19(11-15)24-2)14-20(23)21-18-10-9-16-6-4-7-17(16)12-18;/h3,5,8-12H,4,6-7,13-14H2,1-2H3,(H,21,23);1H. The van der Waals surface area contributed by atoms with Crippen LogP contribution in [0.5, 0.6) is 5.75 Å². The number of fused-ring (bicyclic) bond motifs is 1. The molecule has 0 saturated heterocycles. The third-order valence-corrected chi connectivity index (χ3v) is 4.38. The first-order valence-electron chi connectivity index (χ1n) is 8.37. The number of anilines is 1. The number of nitrogens with one attached hydrogen (secondary N) is 1. The molecule has 0 atom stereocenters. The maximum atomic E-state index is 12.3. The highest BCUT2D eigenvalue weighted by atomic mass is 35.5. The van der Waals surface area contributed by atoms with Gasteiger partial charge in [-0.15, -0.1) is 12.4 Å². The number of carbonyl (C=O) groups excluding carboxylic acids is 1. The van der Waals surface area contributed by atoms with Crippen molar-refractivity contribution in [1.82, 2.24) is 4.90 Å². The first kappa shape index (κ1) is 19.3. The lowest BCUT2D eigenvalue weighted by atomic mass is 10.1. The van der Waals surface area contributed by atoms with Crippen LogP contribution in [0.3, 0.4) is 0 Å². The Kier molecular flexibility index (Phi) is 6.85. The molecule has 0 spiro atoms.